The molecule has 1 aromatic heterocycles. The van der Waals surface area contributed by atoms with Gasteiger partial charge >= 0.3 is 0 Å². The van der Waals surface area contributed by atoms with Gasteiger partial charge in [0, 0.05) is 36.8 Å². The summed E-state index contributed by atoms with van der Waals surface area (Å²) in [5.41, 5.74) is 10.8. The second kappa shape index (κ2) is 5.58. The first-order valence-corrected chi connectivity index (χ1v) is 7.23. The highest BCUT2D eigenvalue weighted by molar-refractivity contribution is 5.86. The van der Waals surface area contributed by atoms with E-state index < -0.39 is 0 Å². The lowest BCUT2D eigenvalue weighted by molar-refractivity contribution is 0.0122. The maximum absolute atomic E-state index is 5.75. The van der Waals surface area contributed by atoms with Crippen molar-refractivity contribution >= 4 is 10.9 Å². The maximum atomic E-state index is 5.75. The van der Waals surface area contributed by atoms with E-state index in [1.165, 1.54) is 27.7 Å². The molecule has 2 N–H and O–H groups in total. The average molecular weight is 274 g/mol. The smallest absolute Gasteiger partial charge is 0.0639 e. The van der Waals surface area contributed by atoms with Crippen molar-refractivity contribution in [2.24, 2.45) is 5.73 Å². The van der Waals surface area contributed by atoms with Crippen LogP contribution in [0.3, 0.4) is 0 Å². The van der Waals surface area contributed by atoms with Crippen LogP contribution in [0.2, 0.25) is 0 Å². The number of hydrogen-bond donors (Lipinski definition) is 1. The summed E-state index contributed by atoms with van der Waals surface area (Å²) in [5.74, 6) is 0. The molecular weight excluding hydrogens is 248 g/mol. The van der Waals surface area contributed by atoms with Crippen molar-refractivity contribution < 1.29 is 4.74 Å². The number of aromatic nitrogens is 1. The van der Waals surface area contributed by atoms with Crippen LogP contribution in [0, 0.1) is 13.8 Å². The molecule has 0 fully saturated rings. The molecule has 0 saturated heterocycles. The van der Waals surface area contributed by atoms with Crippen LogP contribution < -0.4 is 5.73 Å². The van der Waals surface area contributed by atoms with E-state index >= 15 is 0 Å². The minimum absolute atomic E-state index is 0.0891. The monoisotopic (exact) mass is 274 g/mol. The molecule has 0 radical (unpaired) electrons. The highest BCUT2D eigenvalue weighted by Gasteiger charge is 2.18. The number of fused-ring (bicyclic) bond motifs is 1. The van der Waals surface area contributed by atoms with Gasteiger partial charge in [0.15, 0.2) is 0 Å². The summed E-state index contributed by atoms with van der Waals surface area (Å²) < 4.78 is 7.92. The molecule has 0 atom stereocenters. The van der Waals surface area contributed by atoms with Crippen molar-refractivity contribution in [3.8, 4) is 0 Å². The molecule has 0 spiro atoms. The second-order valence-corrected chi connectivity index (χ2v) is 6.13. The molecule has 3 nitrogen and oxygen atoms in total. The van der Waals surface area contributed by atoms with E-state index in [1.54, 1.807) is 7.11 Å². The van der Waals surface area contributed by atoms with Gasteiger partial charge in [-0.3, -0.25) is 0 Å². The van der Waals surface area contributed by atoms with Crippen molar-refractivity contribution in [3.63, 3.8) is 0 Å². The summed E-state index contributed by atoms with van der Waals surface area (Å²) in [5, 5.41) is 1.32. The highest BCUT2D eigenvalue weighted by Crippen LogP contribution is 2.27. The topological polar surface area (TPSA) is 40.2 Å². The van der Waals surface area contributed by atoms with E-state index in [-0.39, 0.29) is 5.60 Å². The Hall–Kier alpha value is -1.32. The molecule has 0 aliphatic heterocycles. The fraction of sp³-hybridized carbons (Fsp3) is 0.529. The number of ether oxygens (including phenoxy) is 1. The van der Waals surface area contributed by atoms with Crippen LogP contribution in [-0.2, 0) is 17.8 Å². The zero-order valence-electron chi connectivity index (χ0n) is 13.3. The zero-order valence-corrected chi connectivity index (χ0v) is 13.3. The summed E-state index contributed by atoms with van der Waals surface area (Å²) in [4.78, 5) is 0. The first kappa shape index (κ1) is 15.1. The van der Waals surface area contributed by atoms with Gasteiger partial charge in [-0.2, -0.15) is 0 Å². The van der Waals surface area contributed by atoms with Gasteiger partial charge in [0.1, 0.15) is 0 Å². The number of methoxy groups -OCH3 is 1. The molecule has 0 amide bonds. The van der Waals surface area contributed by atoms with Crippen LogP contribution in [-0.4, -0.2) is 17.3 Å². The molecular formula is C17H26N2O. The highest BCUT2D eigenvalue weighted by atomic mass is 16.5. The summed E-state index contributed by atoms with van der Waals surface area (Å²) in [7, 11) is 1.78. The van der Waals surface area contributed by atoms with E-state index in [0.717, 1.165) is 13.0 Å². The van der Waals surface area contributed by atoms with Gasteiger partial charge in [-0.15, -0.1) is 0 Å². The van der Waals surface area contributed by atoms with Crippen molar-refractivity contribution in [2.75, 3.05) is 7.11 Å². The number of benzene rings is 1. The molecule has 1 aromatic carbocycles. The van der Waals surface area contributed by atoms with E-state index in [0.29, 0.717) is 6.54 Å². The molecule has 2 rings (SSSR count). The van der Waals surface area contributed by atoms with E-state index in [9.17, 15) is 0 Å². The Morgan fingerprint density at radius 2 is 1.95 bits per heavy atom. The minimum Gasteiger partial charge on any atom is -0.379 e. The standard InChI is InChI=1S/C17H26N2O/c1-12-13(2)19(9-8-17(3,4)20-5)16-7-6-14(11-18)10-15(12)16/h6-7,10H,8-9,11,18H2,1-5H3. The second-order valence-electron chi connectivity index (χ2n) is 6.13. The molecule has 0 aliphatic carbocycles. The van der Waals surface area contributed by atoms with Gasteiger partial charge < -0.3 is 15.0 Å². The number of nitrogens with zero attached hydrogens (tertiary/aromatic N) is 1. The molecule has 2 aromatic rings. The van der Waals surface area contributed by atoms with Crippen LogP contribution in [0.4, 0.5) is 0 Å². The molecule has 110 valence electrons. The Bertz CT molecular complexity index is 611. The Labute approximate surface area is 121 Å². The normalized spacial score (nSPS) is 12.3. The largest absolute Gasteiger partial charge is 0.379 e. The van der Waals surface area contributed by atoms with Crippen LogP contribution in [0.5, 0.6) is 0 Å². The summed E-state index contributed by atoms with van der Waals surface area (Å²) >= 11 is 0. The van der Waals surface area contributed by atoms with Gasteiger partial charge in [-0.25, -0.2) is 0 Å². The predicted octanol–water partition coefficient (Wildman–Crippen LogP) is 3.53. The summed E-state index contributed by atoms with van der Waals surface area (Å²) in [6.07, 6.45) is 0.992. The third-order valence-electron chi connectivity index (χ3n) is 4.43. The average Bonchev–Trinajstić information content (AvgIpc) is 2.68. The molecule has 3 heteroatoms. The lowest BCUT2D eigenvalue weighted by atomic mass is 10.1. The zero-order chi connectivity index (χ0) is 14.9. The van der Waals surface area contributed by atoms with E-state index in [4.69, 9.17) is 10.5 Å². The SMILES string of the molecule is COC(C)(C)CCn1c(C)c(C)c2cc(CN)ccc21. The number of nitrogens with two attached hydrogens (primary N) is 1. The predicted molar refractivity (Wildman–Crippen MR) is 85.0 cm³/mol. The van der Waals surface area contributed by atoms with Gasteiger partial charge in [0.25, 0.3) is 0 Å². The fourth-order valence-corrected chi connectivity index (χ4v) is 2.60. The minimum atomic E-state index is -0.0891. The molecule has 20 heavy (non-hydrogen) atoms. The Morgan fingerprint density at radius 1 is 1.25 bits per heavy atom. The number of aryl methyl sites for hydroxylation is 2. The maximum Gasteiger partial charge on any atom is 0.0639 e. The third kappa shape index (κ3) is 2.74. The quantitative estimate of drug-likeness (QED) is 0.906. The van der Waals surface area contributed by atoms with Crippen molar-refractivity contribution in [1.29, 1.82) is 0 Å². The molecule has 0 unspecified atom stereocenters. The van der Waals surface area contributed by atoms with Crippen molar-refractivity contribution in [1.82, 2.24) is 4.57 Å². The number of hydrogen-bond acceptors (Lipinski definition) is 2. The summed E-state index contributed by atoms with van der Waals surface area (Å²) in [6, 6.07) is 6.53. The lowest BCUT2D eigenvalue weighted by Crippen LogP contribution is -2.24. The van der Waals surface area contributed by atoms with Crippen LogP contribution in [0.25, 0.3) is 10.9 Å². The molecule has 1 heterocycles. The van der Waals surface area contributed by atoms with Crippen LogP contribution in [0.1, 0.15) is 37.1 Å². The Balaban J connectivity index is 2.41. The molecule has 0 saturated carbocycles. The Kier molecular flexibility index (Phi) is 4.21. The molecule has 0 bridgehead atoms. The molecule has 0 aliphatic rings. The number of rotatable bonds is 5. The van der Waals surface area contributed by atoms with Crippen LogP contribution in [0.15, 0.2) is 18.2 Å². The summed E-state index contributed by atoms with van der Waals surface area (Å²) in [6.45, 7) is 10.2. The van der Waals surface area contributed by atoms with Gasteiger partial charge in [-0.05, 0) is 57.4 Å². The van der Waals surface area contributed by atoms with Gasteiger partial charge in [-0.1, -0.05) is 6.07 Å². The van der Waals surface area contributed by atoms with Gasteiger partial charge in [0.05, 0.1) is 5.60 Å². The van der Waals surface area contributed by atoms with E-state index in [1.807, 2.05) is 0 Å². The fourth-order valence-electron chi connectivity index (χ4n) is 2.60. The van der Waals surface area contributed by atoms with Crippen molar-refractivity contribution in [2.45, 2.75) is 52.8 Å². The van der Waals surface area contributed by atoms with E-state index in [2.05, 4.69) is 50.5 Å². The lowest BCUT2D eigenvalue weighted by Gasteiger charge is -2.23. The first-order valence-electron chi connectivity index (χ1n) is 7.23. The van der Waals surface area contributed by atoms with Gasteiger partial charge in [0.2, 0.25) is 0 Å². The Morgan fingerprint density at radius 3 is 2.55 bits per heavy atom. The first-order chi connectivity index (χ1) is 9.39. The van der Waals surface area contributed by atoms with Crippen molar-refractivity contribution in [3.05, 3.63) is 35.0 Å². The third-order valence-corrected chi connectivity index (χ3v) is 4.43. The van der Waals surface area contributed by atoms with Crippen LogP contribution >= 0.6 is 0 Å².